The normalized spacial score (nSPS) is 13.7. The van der Waals surface area contributed by atoms with Gasteiger partial charge in [0.15, 0.2) is 6.61 Å². The van der Waals surface area contributed by atoms with Crippen molar-refractivity contribution in [2.45, 2.75) is 6.92 Å². The minimum Gasteiger partial charge on any atom is -0.484 e. The van der Waals surface area contributed by atoms with Gasteiger partial charge in [0.1, 0.15) is 5.75 Å². The summed E-state index contributed by atoms with van der Waals surface area (Å²) in [5.41, 5.74) is 3.62. The lowest BCUT2D eigenvalue weighted by molar-refractivity contribution is -0.126. The Kier molecular flexibility index (Phi) is 8.06. The maximum absolute atomic E-state index is 12.5. The second kappa shape index (κ2) is 11.6. The highest BCUT2D eigenvalue weighted by atomic mass is 35.5. The van der Waals surface area contributed by atoms with Crippen molar-refractivity contribution in [3.63, 3.8) is 0 Å². The van der Waals surface area contributed by atoms with Crippen molar-refractivity contribution in [1.29, 1.82) is 0 Å². The highest BCUT2D eigenvalue weighted by molar-refractivity contribution is 6.33. The number of halogens is 1. The maximum atomic E-state index is 12.5. The zero-order valence-electron chi connectivity index (χ0n) is 19.6. The topological polar surface area (TPSA) is 61.9 Å². The molecule has 1 fully saturated rings. The first-order valence-corrected chi connectivity index (χ1v) is 11.9. The van der Waals surface area contributed by atoms with Gasteiger partial charge in [-0.1, -0.05) is 59.6 Å². The van der Waals surface area contributed by atoms with E-state index in [1.807, 2.05) is 84.6 Å². The number of ether oxygens (including phenoxy) is 1. The first-order chi connectivity index (χ1) is 17.0. The van der Waals surface area contributed by atoms with Gasteiger partial charge in [-0.25, -0.2) is 0 Å². The summed E-state index contributed by atoms with van der Waals surface area (Å²) in [6.07, 6.45) is 3.46. The van der Waals surface area contributed by atoms with E-state index in [2.05, 4.69) is 10.2 Å². The zero-order valence-corrected chi connectivity index (χ0v) is 20.4. The fourth-order valence-electron chi connectivity index (χ4n) is 3.83. The summed E-state index contributed by atoms with van der Waals surface area (Å²) >= 11 is 6.53. The fraction of sp³-hybridized carbons (Fsp3) is 0.214. The van der Waals surface area contributed by atoms with Crippen molar-refractivity contribution in [2.75, 3.05) is 43.0 Å². The molecule has 0 saturated carbocycles. The molecule has 1 N–H and O–H groups in total. The lowest BCUT2D eigenvalue weighted by atomic mass is 10.2. The van der Waals surface area contributed by atoms with E-state index in [-0.39, 0.29) is 18.4 Å². The smallest absolute Gasteiger partial charge is 0.262 e. The van der Waals surface area contributed by atoms with Crippen molar-refractivity contribution in [1.82, 2.24) is 4.90 Å². The van der Waals surface area contributed by atoms with Gasteiger partial charge in [0, 0.05) is 37.9 Å². The van der Waals surface area contributed by atoms with Gasteiger partial charge in [0.25, 0.3) is 5.91 Å². The van der Waals surface area contributed by atoms with Crippen LogP contribution in [0.3, 0.4) is 0 Å². The Morgan fingerprint density at radius 1 is 0.971 bits per heavy atom. The Hall–Kier alpha value is -3.77. The van der Waals surface area contributed by atoms with Gasteiger partial charge in [-0.15, -0.1) is 0 Å². The number of nitrogens with zero attached hydrogens (tertiary/aromatic N) is 2. The average molecular weight is 490 g/mol. The van der Waals surface area contributed by atoms with Gasteiger partial charge >= 0.3 is 0 Å². The van der Waals surface area contributed by atoms with Gasteiger partial charge in [-0.2, -0.15) is 0 Å². The molecule has 35 heavy (non-hydrogen) atoms. The quantitative estimate of drug-likeness (QED) is 0.473. The summed E-state index contributed by atoms with van der Waals surface area (Å²) in [5.74, 6) is 0.392. The monoisotopic (exact) mass is 489 g/mol. The number of hydrogen-bond acceptors (Lipinski definition) is 4. The predicted molar refractivity (Wildman–Crippen MR) is 141 cm³/mol. The second-order valence-electron chi connectivity index (χ2n) is 8.37. The highest BCUT2D eigenvalue weighted by Gasteiger charge is 2.21. The van der Waals surface area contributed by atoms with Crippen LogP contribution in [0.4, 0.5) is 11.4 Å². The number of piperazine rings is 1. The summed E-state index contributed by atoms with van der Waals surface area (Å²) in [6, 6.07) is 22.8. The molecule has 4 rings (SSSR count). The average Bonchev–Trinajstić information content (AvgIpc) is 2.88. The number of benzene rings is 3. The van der Waals surface area contributed by atoms with Crippen LogP contribution >= 0.6 is 11.6 Å². The number of carbonyl (C=O) groups is 2. The van der Waals surface area contributed by atoms with Gasteiger partial charge in [0.05, 0.1) is 10.7 Å². The van der Waals surface area contributed by atoms with E-state index in [1.165, 1.54) is 0 Å². The number of hydrogen-bond donors (Lipinski definition) is 1. The van der Waals surface area contributed by atoms with Crippen LogP contribution in [0, 0.1) is 6.92 Å². The van der Waals surface area contributed by atoms with Crippen LogP contribution in [0.25, 0.3) is 6.08 Å². The van der Waals surface area contributed by atoms with Gasteiger partial charge in [-0.3, -0.25) is 9.59 Å². The van der Waals surface area contributed by atoms with Crippen LogP contribution in [0.2, 0.25) is 5.02 Å². The van der Waals surface area contributed by atoms with Crippen molar-refractivity contribution in [3.05, 3.63) is 95.0 Å². The molecule has 180 valence electrons. The summed E-state index contributed by atoms with van der Waals surface area (Å²) in [7, 11) is 0. The van der Waals surface area contributed by atoms with Crippen LogP contribution in [0.15, 0.2) is 78.9 Å². The van der Waals surface area contributed by atoms with Crippen LogP contribution in [-0.4, -0.2) is 49.5 Å². The van der Waals surface area contributed by atoms with Crippen molar-refractivity contribution < 1.29 is 14.3 Å². The SMILES string of the molecule is Cc1ccc(OCC(=O)Nc2ccc(N3CCN(C(=O)C=Cc4ccccc4)CC3)c(Cl)c2)cc1. The fourth-order valence-corrected chi connectivity index (χ4v) is 4.13. The predicted octanol–water partition coefficient (Wildman–Crippen LogP) is 5.03. The first kappa shape index (κ1) is 24.4. The van der Waals surface area contributed by atoms with E-state index in [4.69, 9.17) is 16.3 Å². The van der Waals surface area contributed by atoms with Gasteiger partial charge < -0.3 is 19.9 Å². The first-order valence-electron chi connectivity index (χ1n) is 11.5. The number of anilines is 2. The second-order valence-corrected chi connectivity index (χ2v) is 8.78. The third-order valence-electron chi connectivity index (χ3n) is 5.77. The molecule has 3 aromatic carbocycles. The van der Waals surface area contributed by atoms with Crippen LogP contribution in [0.1, 0.15) is 11.1 Å². The molecule has 1 aliphatic rings. The lowest BCUT2D eigenvalue weighted by Crippen LogP contribution is -2.48. The molecule has 2 amide bonds. The maximum Gasteiger partial charge on any atom is 0.262 e. The third kappa shape index (κ3) is 6.87. The van der Waals surface area contributed by atoms with E-state index in [9.17, 15) is 9.59 Å². The molecule has 0 radical (unpaired) electrons. The van der Waals surface area contributed by atoms with Crippen LogP contribution in [0.5, 0.6) is 5.75 Å². The van der Waals surface area contributed by atoms with Crippen molar-refractivity contribution >= 4 is 40.9 Å². The molecular weight excluding hydrogens is 462 g/mol. The van der Waals surface area contributed by atoms with Crippen molar-refractivity contribution in [3.8, 4) is 5.75 Å². The molecule has 0 bridgehead atoms. The Morgan fingerprint density at radius 2 is 1.69 bits per heavy atom. The summed E-state index contributed by atoms with van der Waals surface area (Å²) in [5, 5.41) is 3.36. The summed E-state index contributed by atoms with van der Waals surface area (Å²) < 4.78 is 5.53. The number of aryl methyl sites for hydroxylation is 1. The molecule has 1 saturated heterocycles. The molecular formula is C28H28ClN3O3. The molecule has 0 aliphatic carbocycles. The molecule has 0 unspecified atom stereocenters. The molecule has 1 aliphatic heterocycles. The molecule has 3 aromatic rings. The molecule has 0 spiro atoms. The highest BCUT2D eigenvalue weighted by Crippen LogP contribution is 2.29. The van der Waals surface area contributed by atoms with Crippen LogP contribution < -0.4 is 15.0 Å². The summed E-state index contributed by atoms with van der Waals surface area (Å²) in [4.78, 5) is 28.8. The molecule has 0 atom stereocenters. The number of nitrogens with one attached hydrogen (secondary N) is 1. The van der Waals surface area contributed by atoms with E-state index in [0.717, 1.165) is 16.8 Å². The van der Waals surface area contributed by atoms with Gasteiger partial charge in [0.2, 0.25) is 5.91 Å². The zero-order chi connectivity index (χ0) is 24.6. The van der Waals surface area contributed by atoms with E-state index >= 15 is 0 Å². The Bertz CT molecular complexity index is 1190. The van der Waals surface area contributed by atoms with Gasteiger partial charge in [-0.05, 0) is 48.9 Å². The molecule has 1 heterocycles. The number of rotatable bonds is 7. The van der Waals surface area contributed by atoms with Crippen molar-refractivity contribution in [2.24, 2.45) is 0 Å². The molecule has 7 heteroatoms. The van der Waals surface area contributed by atoms with E-state index in [0.29, 0.717) is 42.6 Å². The molecule has 6 nitrogen and oxygen atoms in total. The standard InChI is InChI=1S/C28H28ClN3O3/c1-21-7-11-24(12-8-21)35-20-27(33)30-23-10-13-26(25(29)19-23)31-15-17-32(18-16-31)28(34)14-9-22-5-3-2-4-6-22/h2-14,19H,15-18,20H2,1H3,(H,30,33). The Labute approximate surface area is 210 Å². The summed E-state index contributed by atoms with van der Waals surface area (Å²) in [6.45, 7) is 4.50. The number of carbonyl (C=O) groups excluding carboxylic acids is 2. The molecule has 0 aromatic heterocycles. The van der Waals surface area contributed by atoms with E-state index < -0.39 is 0 Å². The Balaban J connectivity index is 1.27. The largest absolute Gasteiger partial charge is 0.484 e. The number of amides is 2. The third-order valence-corrected chi connectivity index (χ3v) is 6.08. The Morgan fingerprint density at radius 3 is 2.37 bits per heavy atom. The van der Waals surface area contributed by atoms with E-state index in [1.54, 1.807) is 12.1 Å². The lowest BCUT2D eigenvalue weighted by Gasteiger charge is -2.36. The van der Waals surface area contributed by atoms with Crippen LogP contribution in [-0.2, 0) is 9.59 Å². The minimum atomic E-state index is -0.259. The minimum absolute atomic E-state index is 0.00511.